The van der Waals surface area contributed by atoms with Crippen molar-refractivity contribution in [1.82, 2.24) is 0 Å². The third-order valence-corrected chi connectivity index (χ3v) is 5.00. The summed E-state index contributed by atoms with van der Waals surface area (Å²) in [7, 11) is 0. The van der Waals surface area contributed by atoms with Crippen LogP contribution in [0.15, 0.2) is 23.1 Å². The van der Waals surface area contributed by atoms with Crippen LogP contribution in [0.3, 0.4) is 0 Å². The molecular formula is C16H26N2S. The van der Waals surface area contributed by atoms with E-state index in [4.69, 9.17) is 5.73 Å². The topological polar surface area (TPSA) is 29.3 Å². The fourth-order valence-electron chi connectivity index (χ4n) is 3.06. The van der Waals surface area contributed by atoms with E-state index in [9.17, 15) is 0 Å². The Balaban J connectivity index is 2.34. The number of anilines is 1. The van der Waals surface area contributed by atoms with Gasteiger partial charge in [-0.1, -0.05) is 19.9 Å². The maximum atomic E-state index is 6.04. The van der Waals surface area contributed by atoms with Crippen LogP contribution in [0.2, 0.25) is 0 Å². The highest BCUT2D eigenvalue weighted by Gasteiger charge is 2.23. The van der Waals surface area contributed by atoms with Crippen molar-refractivity contribution in [3.63, 3.8) is 0 Å². The highest BCUT2D eigenvalue weighted by molar-refractivity contribution is 7.99. The number of piperidine rings is 1. The molecule has 0 aromatic heterocycles. The Morgan fingerprint density at radius 1 is 1.32 bits per heavy atom. The van der Waals surface area contributed by atoms with E-state index >= 15 is 0 Å². The summed E-state index contributed by atoms with van der Waals surface area (Å²) in [6.07, 6.45) is 5.24. The van der Waals surface area contributed by atoms with Crippen LogP contribution in [0.5, 0.6) is 0 Å². The van der Waals surface area contributed by atoms with Crippen LogP contribution in [0, 0.1) is 0 Å². The smallest absolute Gasteiger partial charge is 0.0425 e. The van der Waals surface area contributed by atoms with E-state index in [0.717, 1.165) is 5.75 Å². The lowest BCUT2D eigenvalue weighted by Crippen LogP contribution is -2.39. The number of thioether (sulfide) groups is 1. The second kappa shape index (κ2) is 7.20. The summed E-state index contributed by atoms with van der Waals surface area (Å²) in [4.78, 5) is 3.97. The zero-order valence-corrected chi connectivity index (χ0v) is 13.0. The molecule has 0 bridgehead atoms. The number of hydrogen-bond acceptors (Lipinski definition) is 3. The number of nitrogens with zero attached hydrogens (tertiary/aromatic N) is 1. The van der Waals surface area contributed by atoms with E-state index in [1.807, 2.05) is 11.8 Å². The van der Waals surface area contributed by atoms with Gasteiger partial charge in [0, 0.05) is 35.3 Å². The van der Waals surface area contributed by atoms with Crippen LogP contribution in [0.4, 0.5) is 5.69 Å². The average Bonchev–Trinajstić information content (AvgIpc) is 2.47. The van der Waals surface area contributed by atoms with Crippen LogP contribution >= 0.6 is 11.8 Å². The zero-order valence-electron chi connectivity index (χ0n) is 12.2. The molecule has 0 spiro atoms. The van der Waals surface area contributed by atoms with Gasteiger partial charge >= 0.3 is 0 Å². The van der Waals surface area contributed by atoms with Gasteiger partial charge in [-0.3, -0.25) is 0 Å². The van der Waals surface area contributed by atoms with E-state index < -0.39 is 0 Å². The molecule has 0 aliphatic carbocycles. The summed E-state index contributed by atoms with van der Waals surface area (Å²) in [6, 6.07) is 7.36. The summed E-state index contributed by atoms with van der Waals surface area (Å²) in [5.74, 6) is 1.10. The van der Waals surface area contributed by atoms with Gasteiger partial charge in [0.05, 0.1) is 0 Å². The molecule has 1 unspecified atom stereocenters. The summed E-state index contributed by atoms with van der Waals surface area (Å²) < 4.78 is 0. The Morgan fingerprint density at radius 2 is 2.16 bits per heavy atom. The van der Waals surface area contributed by atoms with Crippen LogP contribution in [0.25, 0.3) is 0 Å². The fourth-order valence-corrected chi connectivity index (χ4v) is 3.91. The van der Waals surface area contributed by atoms with Gasteiger partial charge in [-0.15, -0.1) is 11.8 Å². The van der Waals surface area contributed by atoms with Crippen molar-refractivity contribution >= 4 is 17.4 Å². The summed E-state index contributed by atoms with van der Waals surface area (Å²) in [5, 5.41) is 0. The van der Waals surface area contributed by atoms with Gasteiger partial charge in [0.1, 0.15) is 0 Å². The molecule has 106 valence electrons. The molecule has 2 nitrogen and oxygen atoms in total. The number of rotatable bonds is 5. The van der Waals surface area contributed by atoms with E-state index in [0.29, 0.717) is 12.6 Å². The van der Waals surface area contributed by atoms with E-state index in [1.165, 1.54) is 48.4 Å². The van der Waals surface area contributed by atoms with Gasteiger partial charge in [-0.05, 0) is 43.6 Å². The minimum Gasteiger partial charge on any atom is -0.368 e. The maximum Gasteiger partial charge on any atom is 0.0425 e. The van der Waals surface area contributed by atoms with Crippen molar-refractivity contribution in [2.24, 2.45) is 5.73 Å². The van der Waals surface area contributed by atoms with Gasteiger partial charge < -0.3 is 10.6 Å². The Bertz CT molecular complexity index is 406. The Morgan fingerprint density at radius 3 is 2.84 bits per heavy atom. The van der Waals surface area contributed by atoms with Gasteiger partial charge in [0.15, 0.2) is 0 Å². The molecule has 1 heterocycles. The Kier molecular flexibility index (Phi) is 5.59. The normalized spacial score (nSPS) is 19.7. The van der Waals surface area contributed by atoms with E-state index in [1.54, 1.807) is 0 Å². The third-order valence-electron chi connectivity index (χ3n) is 4.02. The second-order valence-corrected chi connectivity index (χ2v) is 6.45. The van der Waals surface area contributed by atoms with Crippen molar-refractivity contribution in [3.8, 4) is 0 Å². The minimum atomic E-state index is 0.644. The van der Waals surface area contributed by atoms with Crippen molar-refractivity contribution < 1.29 is 0 Å². The first-order chi connectivity index (χ1) is 9.31. The van der Waals surface area contributed by atoms with Gasteiger partial charge in [0.25, 0.3) is 0 Å². The first-order valence-corrected chi connectivity index (χ1v) is 8.51. The minimum absolute atomic E-state index is 0.644. The SMILES string of the molecule is CCSc1cccc(N2CCCCC2CC)c1CN. The van der Waals surface area contributed by atoms with E-state index in [2.05, 4.69) is 36.9 Å². The second-order valence-electron chi connectivity index (χ2n) is 5.14. The molecular weight excluding hydrogens is 252 g/mol. The molecule has 3 heteroatoms. The predicted molar refractivity (Wildman–Crippen MR) is 86.0 cm³/mol. The first-order valence-electron chi connectivity index (χ1n) is 7.53. The van der Waals surface area contributed by atoms with Crippen LogP contribution < -0.4 is 10.6 Å². The Labute approximate surface area is 121 Å². The molecule has 1 fully saturated rings. The van der Waals surface area contributed by atoms with E-state index in [-0.39, 0.29) is 0 Å². The molecule has 0 amide bonds. The van der Waals surface area contributed by atoms with Crippen LogP contribution in [-0.2, 0) is 6.54 Å². The van der Waals surface area contributed by atoms with Gasteiger partial charge in [-0.25, -0.2) is 0 Å². The summed E-state index contributed by atoms with van der Waals surface area (Å²) in [6.45, 7) is 6.33. The quantitative estimate of drug-likeness (QED) is 0.825. The Hall–Kier alpha value is -0.670. The molecule has 1 aliphatic rings. The molecule has 0 saturated carbocycles. The summed E-state index contributed by atoms with van der Waals surface area (Å²) >= 11 is 1.91. The average molecular weight is 278 g/mol. The maximum absolute atomic E-state index is 6.04. The van der Waals surface area contributed by atoms with Crippen molar-refractivity contribution in [1.29, 1.82) is 0 Å². The molecule has 2 rings (SSSR count). The standard InChI is InChI=1S/C16H26N2S/c1-3-13-8-5-6-11-18(13)15-9-7-10-16(19-4-2)14(15)12-17/h7,9-10,13H,3-6,8,11-12,17H2,1-2H3. The third kappa shape index (κ3) is 3.26. The van der Waals surface area contributed by atoms with Crippen molar-refractivity contribution in [2.75, 3.05) is 17.2 Å². The van der Waals surface area contributed by atoms with Crippen molar-refractivity contribution in [3.05, 3.63) is 23.8 Å². The highest BCUT2D eigenvalue weighted by Crippen LogP contribution is 2.34. The molecule has 1 atom stereocenters. The predicted octanol–water partition coefficient (Wildman–Crippen LogP) is 4.03. The monoisotopic (exact) mass is 278 g/mol. The first kappa shape index (κ1) is 14.7. The summed E-state index contributed by atoms with van der Waals surface area (Å²) in [5.41, 5.74) is 8.76. The lowest BCUT2D eigenvalue weighted by molar-refractivity contribution is 0.449. The fraction of sp³-hybridized carbons (Fsp3) is 0.625. The molecule has 1 aromatic carbocycles. The lowest BCUT2D eigenvalue weighted by atomic mass is 9.98. The molecule has 1 aliphatic heterocycles. The molecule has 1 aromatic rings. The van der Waals surface area contributed by atoms with Gasteiger partial charge in [-0.2, -0.15) is 0 Å². The van der Waals surface area contributed by atoms with Crippen LogP contribution in [-0.4, -0.2) is 18.3 Å². The van der Waals surface area contributed by atoms with Gasteiger partial charge in [0.2, 0.25) is 0 Å². The molecule has 2 N–H and O–H groups in total. The number of hydrogen-bond donors (Lipinski definition) is 1. The molecule has 19 heavy (non-hydrogen) atoms. The van der Waals surface area contributed by atoms with Crippen molar-refractivity contribution in [2.45, 2.75) is 57.0 Å². The highest BCUT2D eigenvalue weighted by atomic mass is 32.2. The zero-order chi connectivity index (χ0) is 13.7. The largest absolute Gasteiger partial charge is 0.368 e. The number of benzene rings is 1. The number of nitrogens with two attached hydrogens (primary N) is 1. The molecule has 1 saturated heterocycles. The lowest BCUT2D eigenvalue weighted by Gasteiger charge is -2.38. The van der Waals surface area contributed by atoms with Crippen LogP contribution in [0.1, 0.15) is 45.1 Å². The molecule has 0 radical (unpaired) electrons.